The van der Waals surface area contributed by atoms with Gasteiger partial charge in [-0.05, 0) is 66.4 Å². The fourth-order valence-electron chi connectivity index (χ4n) is 3.98. The Morgan fingerprint density at radius 2 is 1.74 bits per heavy atom. The summed E-state index contributed by atoms with van der Waals surface area (Å²) in [6.45, 7) is 0.929. The van der Waals surface area contributed by atoms with E-state index in [2.05, 4.69) is 11.4 Å². The van der Waals surface area contributed by atoms with Crippen LogP contribution in [-0.4, -0.2) is 25.2 Å². The predicted octanol–water partition coefficient (Wildman–Crippen LogP) is 4.19. The molecule has 6 heteroatoms. The van der Waals surface area contributed by atoms with Crippen molar-refractivity contribution in [3.05, 3.63) is 83.4 Å². The van der Waals surface area contributed by atoms with Gasteiger partial charge in [-0.2, -0.15) is 0 Å². The van der Waals surface area contributed by atoms with E-state index in [1.165, 1.54) is 5.56 Å². The van der Waals surface area contributed by atoms with Crippen LogP contribution in [0.5, 0.6) is 11.5 Å². The van der Waals surface area contributed by atoms with Gasteiger partial charge in [0.25, 0.3) is 5.91 Å². The average molecular weight is 414 g/mol. The van der Waals surface area contributed by atoms with Crippen molar-refractivity contribution in [2.75, 3.05) is 23.6 Å². The number of para-hydroxylation sites is 1. The largest absolute Gasteiger partial charge is 0.454 e. The number of hydrogen-bond acceptors (Lipinski definition) is 4. The summed E-state index contributed by atoms with van der Waals surface area (Å²) in [5.74, 6) is 1.36. The highest BCUT2D eigenvalue weighted by Crippen LogP contribution is 2.33. The second-order valence-corrected chi connectivity index (χ2v) is 7.65. The summed E-state index contributed by atoms with van der Waals surface area (Å²) in [5.41, 5.74) is 4.48. The molecule has 5 rings (SSSR count). The van der Waals surface area contributed by atoms with E-state index in [9.17, 15) is 9.59 Å². The molecule has 2 heterocycles. The van der Waals surface area contributed by atoms with Crippen LogP contribution < -0.4 is 19.7 Å². The summed E-state index contributed by atoms with van der Waals surface area (Å²) >= 11 is 0. The summed E-state index contributed by atoms with van der Waals surface area (Å²) < 4.78 is 10.7. The predicted molar refractivity (Wildman–Crippen MR) is 118 cm³/mol. The minimum absolute atomic E-state index is 0.0226. The van der Waals surface area contributed by atoms with E-state index in [0.29, 0.717) is 30.6 Å². The molecule has 2 aliphatic rings. The lowest BCUT2D eigenvalue weighted by molar-refractivity contribution is -0.116. The van der Waals surface area contributed by atoms with Crippen molar-refractivity contribution >= 4 is 23.2 Å². The number of ether oxygens (including phenoxy) is 2. The van der Waals surface area contributed by atoms with Gasteiger partial charge in [-0.3, -0.25) is 9.59 Å². The van der Waals surface area contributed by atoms with Crippen molar-refractivity contribution in [2.45, 2.75) is 19.3 Å². The van der Waals surface area contributed by atoms with Crippen LogP contribution in [-0.2, 0) is 17.6 Å². The molecule has 0 aromatic heterocycles. The van der Waals surface area contributed by atoms with Crippen LogP contribution in [0.4, 0.5) is 11.4 Å². The molecule has 0 aliphatic carbocycles. The Morgan fingerprint density at radius 3 is 2.61 bits per heavy atom. The topological polar surface area (TPSA) is 67.9 Å². The number of anilines is 2. The quantitative estimate of drug-likeness (QED) is 0.680. The Bertz CT molecular complexity index is 1140. The highest BCUT2D eigenvalue weighted by Gasteiger charge is 2.25. The zero-order valence-corrected chi connectivity index (χ0v) is 17.0. The standard InChI is InChI=1S/C25H22N2O4/c28-24(12-6-17-5-11-22-23(15-17)31-16-30-22)26-20-9-7-19(8-10-20)25(29)27-14-13-18-3-1-2-4-21(18)27/h1-5,7-11,15H,6,12-14,16H2,(H,26,28). The maximum Gasteiger partial charge on any atom is 0.258 e. The Morgan fingerprint density at radius 1 is 0.935 bits per heavy atom. The zero-order valence-electron chi connectivity index (χ0n) is 17.0. The lowest BCUT2D eigenvalue weighted by Crippen LogP contribution is -2.28. The first-order valence-corrected chi connectivity index (χ1v) is 10.4. The van der Waals surface area contributed by atoms with Crippen LogP contribution in [0.25, 0.3) is 0 Å². The van der Waals surface area contributed by atoms with Gasteiger partial charge in [0.15, 0.2) is 11.5 Å². The van der Waals surface area contributed by atoms with Gasteiger partial charge in [0.1, 0.15) is 0 Å². The van der Waals surface area contributed by atoms with Gasteiger partial charge in [0, 0.05) is 29.9 Å². The minimum atomic E-state index is -0.0785. The number of benzene rings is 3. The third-order valence-corrected chi connectivity index (χ3v) is 5.63. The van der Waals surface area contributed by atoms with Crippen LogP contribution in [0.15, 0.2) is 66.7 Å². The number of carbonyl (C=O) groups excluding carboxylic acids is 2. The van der Waals surface area contributed by atoms with Crippen LogP contribution in [0, 0.1) is 0 Å². The fraction of sp³-hybridized carbons (Fsp3) is 0.200. The number of amides is 2. The van der Waals surface area contributed by atoms with Gasteiger partial charge >= 0.3 is 0 Å². The first-order chi connectivity index (χ1) is 15.2. The molecular weight excluding hydrogens is 392 g/mol. The summed E-state index contributed by atoms with van der Waals surface area (Å²) in [5, 5.41) is 2.90. The number of carbonyl (C=O) groups is 2. The van der Waals surface area contributed by atoms with Gasteiger partial charge in [-0.15, -0.1) is 0 Å². The van der Waals surface area contributed by atoms with Crippen LogP contribution in [0.3, 0.4) is 0 Å². The Hall–Kier alpha value is -3.80. The van der Waals surface area contributed by atoms with E-state index in [-0.39, 0.29) is 18.6 Å². The lowest BCUT2D eigenvalue weighted by atomic mass is 10.1. The molecule has 0 saturated heterocycles. The molecule has 1 N–H and O–H groups in total. The number of nitrogens with one attached hydrogen (secondary N) is 1. The summed E-state index contributed by atoms with van der Waals surface area (Å²) in [4.78, 5) is 27.1. The fourth-order valence-corrected chi connectivity index (χ4v) is 3.98. The Balaban J connectivity index is 1.18. The van der Waals surface area contributed by atoms with Gasteiger partial charge in [0.2, 0.25) is 12.7 Å². The van der Waals surface area contributed by atoms with E-state index < -0.39 is 0 Å². The van der Waals surface area contributed by atoms with Crippen molar-refractivity contribution in [1.29, 1.82) is 0 Å². The van der Waals surface area contributed by atoms with Gasteiger partial charge in [-0.1, -0.05) is 24.3 Å². The molecular formula is C25H22N2O4. The SMILES string of the molecule is O=C(CCc1ccc2c(c1)OCO2)Nc1ccc(C(=O)N2CCc3ccccc32)cc1. The van der Waals surface area contributed by atoms with E-state index >= 15 is 0 Å². The second kappa shape index (κ2) is 8.14. The average Bonchev–Trinajstić information content (AvgIpc) is 3.44. The summed E-state index contributed by atoms with van der Waals surface area (Å²) in [6, 6.07) is 20.8. The van der Waals surface area contributed by atoms with Crippen molar-refractivity contribution in [3.63, 3.8) is 0 Å². The summed E-state index contributed by atoms with van der Waals surface area (Å²) in [7, 11) is 0. The zero-order chi connectivity index (χ0) is 21.2. The third kappa shape index (κ3) is 3.97. The van der Waals surface area contributed by atoms with Crippen molar-refractivity contribution in [1.82, 2.24) is 0 Å². The molecule has 31 heavy (non-hydrogen) atoms. The van der Waals surface area contributed by atoms with E-state index in [4.69, 9.17) is 9.47 Å². The molecule has 2 amide bonds. The lowest BCUT2D eigenvalue weighted by Gasteiger charge is -2.17. The maximum atomic E-state index is 12.9. The highest BCUT2D eigenvalue weighted by molar-refractivity contribution is 6.07. The van der Waals surface area contributed by atoms with Crippen molar-refractivity contribution < 1.29 is 19.1 Å². The smallest absolute Gasteiger partial charge is 0.258 e. The highest BCUT2D eigenvalue weighted by atomic mass is 16.7. The molecule has 0 unspecified atom stereocenters. The van der Waals surface area contributed by atoms with Crippen LogP contribution in [0.2, 0.25) is 0 Å². The molecule has 3 aromatic rings. The molecule has 2 aliphatic heterocycles. The Kier molecular flexibility index (Phi) is 5.04. The Labute approximate surface area is 180 Å². The number of aryl methyl sites for hydroxylation is 1. The second-order valence-electron chi connectivity index (χ2n) is 7.65. The number of rotatable bonds is 5. The molecule has 0 atom stereocenters. The molecule has 0 bridgehead atoms. The number of nitrogens with zero attached hydrogens (tertiary/aromatic N) is 1. The maximum absolute atomic E-state index is 12.9. The first-order valence-electron chi connectivity index (χ1n) is 10.4. The van der Waals surface area contributed by atoms with Gasteiger partial charge in [-0.25, -0.2) is 0 Å². The molecule has 6 nitrogen and oxygen atoms in total. The van der Waals surface area contributed by atoms with Crippen molar-refractivity contribution in [3.8, 4) is 11.5 Å². The number of hydrogen-bond donors (Lipinski definition) is 1. The van der Waals surface area contributed by atoms with Crippen molar-refractivity contribution in [2.24, 2.45) is 0 Å². The monoisotopic (exact) mass is 414 g/mol. The third-order valence-electron chi connectivity index (χ3n) is 5.63. The normalized spacial score (nSPS) is 13.7. The first kappa shape index (κ1) is 19.2. The van der Waals surface area contributed by atoms with E-state index in [1.807, 2.05) is 41.3 Å². The molecule has 3 aromatic carbocycles. The van der Waals surface area contributed by atoms with E-state index in [1.54, 1.807) is 24.3 Å². The van der Waals surface area contributed by atoms with Gasteiger partial charge < -0.3 is 19.7 Å². The van der Waals surface area contributed by atoms with Crippen LogP contribution in [0.1, 0.15) is 27.9 Å². The molecule has 0 fully saturated rings. The molecule has 156 valence electrons. The molecule has 0 saturated carbocycles. The van der Waals surface area contributed by atoms with Gasteiger partial charge in [0.05, 0.1) is 0 Å². The molecule has 0 spiro atoms. The minimum Gasteiger partial charge on any atom is -0.454 e. The number of fused-ring (bicyclic) bond motifs is 2. The van der Waals surface area contributed by atoms with E-state index in [0.717, 1.165) is 29.2 Å². The summed E-state index contributed by atoms with van der Waals surface area (Å²) in [6.07, 6.45) is 1.83. The molecule has 0 radical (unpaired) electrons. The van der Waals surface area contributed by atoms with Crippen LogP contribution >= 0.6 is 0 Å².